The number of hydrogen-bond acceptors (Lipinski definition) is 2. The molecule has 1 amide bonds. The molecule has 0 unspecified atom stereocenters. The number of nitrogens with two attached hydrogens (primary N) is 1. The summed E-state index contributed by atoms with van der Waals surface area (Å²) in [5.41, 5.74) is 6.75. The molecule has 0 atom stereocenters. The molecule has 0 bridgehead atoms. The monoisotopic (exact) mass is 254 g/mol. The number of rotatable bonds is 2. The van der Waals surface area contributed by atoms with Crippen molar-refractivity contribution in [1.29, 1.82) is 0 Å². The molecule has 1 aromatic rings. The molecule has 0 saturated carbocycles. The molecule has 1 heterocycles. The average Bonchev–Trinajstić information content (AvgIpc) is 2.37. The average molecular weight is 254 g/mol. The molecule has 98 valence electrons. The Kier molecular flexibility index (Phi) is 3.61. The van der Waals surface area contributed by atoms with Gasteiger partial charge in [-0.05, 0) is 24.1 Å². The summed E-state index contributed by atoms with van der Waals surface area (Å²) in [7, 11) is 0. The summed E-state index contributed by atoms with van der Waals surface area (Å²) in [5, 5.41) is 0. The first-order valence-electron chi connectivity index (χ1n) is 5.98. The number of likely N-dealkylation sites (tertiary alicyclic amines) is 1. The van der Waals surface area contributed by atoms with E-state index in [1.54, 1.807) is 18.2 Å². The van der Waals surface area contributed by atoms with Crippen molar-refractivity contribution in [1.82, 2.24) is 4.90 Å². The standard InChI is InChI=1S/C13H16F2N2O/c14-13(15)5-2-6-17(9-13)12(18)11-4-1-3-10(7-11)8-16/h1,3-4,7H,2,5-6,8-9,16H2. The highest BCUT2D eigenvalue weighted by Gasteiger charge is 2.37. The molecule has 0 spiro atoms. The number of carbonyl (C=O) groups excluding carboxylic acids is 1. The van der Waals surface area contributed by atoms with Gasteiger partial charge in [-0.3, -0.25) is 4.79 Å². The zero-order valence-corrected chi connectivity index (χ0v) is 10.0. The SMILES string of the molecule is NCc1cccc(C(=O)N2CCCC(F)(F)C2)c1. The predicted molar refractivity (Wildman–Crippen MR) is 64.4 cm³/mol. The Bertz CT molecular complexity index is 448. The van der Waals surface area contributed by atoms with E-state index < -0.39 is 12.5 Å². The number of benzene rings is 1. The fourth-order valence-electron chi connectivity index (χ4n) is 2.15. The van der Waals surface area contributed by atoms with Gasteiger partial charge in [-0.1, -0.05) is 12.1 Å². The number of halogens is 2. The smallest absolute Gasteiger partial charge is 0.265 e. The number of piperidine rings is 1. The van der Waals surface area contributed by atoms with Crippen molar-refractivity contribution in [3.63, 3.8) is 0 Å². The summed E-state index contributed by atoms with van der Waals surface area (Å²) in [5.74, 6) is -3.11. The van der Waals surface area contributed by atoms with E-state index in [4.69, 9.17) is 5.73 Å². The summed E-state index contributed by atoms with van der Waals surface area (Å²) in [6, 6.07) is 6.82. The van der Waals surface area contributed by atoms with E-state index in [1.165, 1.54) is 4.90 Å². The van der Waals surface area contributed by atoms with Gasteiger partial charge in [0.25, 0.3) is 11.8 Å². The molecule has 0 aliphatic carbocycles. The Morgan fingerprint density at radius 3 is 2.89 bits per heavy atom. The van der Waals surface area contributed by atoms with Gasteiger partial charge in [0.2, 0.25) is 0 Å². The number of carbonyl (C=O) groups is 1. The molecule has 1 saturated heterocycles. The predicted octanol–water partition coefficient (Wildman–Crippen LogP) is 2.02. The Morgan fingerprint density at radius 2 is 2.22 bits per heavy atom. The van der Waals surface area contributed by atoms with Gasteiger partial charge in [0.1, 0.15) is 0 Å². The quantitative estimate of drug-likeness (QED) is 0.877. The van der Waals surface area contributed by atoms with Crippen LogP contribution in [0, 0.1) is 0 Å². The second-order valence-electron chi connectivity index (χ2n) is 4.59. The largest absolute Gasteiger partial charge is 0.333 e. The van der Waals surface area contributed by atoms with Crippen LogP contribution < -0.4 is 5.73 Å². The van der Waals surface area contributed by atoms with Crippen molar-refractivity contribution in [2.24, 2.45) is 5.73 Å². The van der Waals surface area contributed by atoms with Crippen LogP contribution in [-0.2, 0) is 6.54 Å². The van der Waals surface area contributed by atoms with Crippen LogP contribution in [0.3, 0.4) is 0 Å². The highest BCUT2D eigenvalue weighted by atomic mass is 19.3. The van der Waals surface area contributed by atoms with Crippen molar-refractivity contribution >= 4 is 5.91 Å². The summed E-state index contributed by atoms with van der Waals surface area (Å²) in [4.78, 5) is 13.3. The lowest BCUT2D eigenvalue weighted by Gasteiger charge is -2.32. The zero-order valence-electron chi connectivity index (χ0n) is 10.0. The van der Waals surface area contributed by atoms with Crippen LogP contribution >= 0.6 is 0 Å². The third-order valence-corrected chi connectivity index (χ3v) is 3.09. The van der Waals surface area contributed by atoms with E-state index in [1.807, 2.05) is 6.07 Å². The maximum atomic E-state index is 13.3. The Balaban J connectivity index is 2.15. The summed E-state index contributed by atoms with van der Waals surface area (Å²) < 4.78 is 26.5. The lowest BCUT2D eigenvalue weighted by Crippen LogP contribution is -2.45. The minimum atomic E-state index is -2.76. The molecule has 1 fully saturated rings. The highest BCUT2D eigenvalue weighted by Crippen LogP contribution is 2.27. The molecule has 1 aliphatic rings. The van der Waals surface area contributed by atoms with E-state index in [9.17, 15) is 13.6 Å². The number of amides is 1. The maximum absolute atomic E-state index is 13.3. The van der Waals surface area contributed by atoms with Crippen LogP contribution in [0.4, 0.5) is 8.78 Å². The van der Waals surface area contributed by atoms with Crippen molar-refractivity contribution in [2.45, 2.75) is 25.3 Å². The molecule has 18 heavy (non-hydrogen) atoms. The van der Waals surface area contributed by atoms with Gasteiger partial charge in [-0.25, -0.2) is 8.78 Å². The first kappa shape index (κ1) is 13.0. The van der Waals surface area contributed by atoms with E-state index in [0.717, 1.165) is 5.56 Å². The number of hydrogen-bond donors (Lipinski definition) is 1. The van der Waals surface area contributed by atoms with Gasteiger partial charge in [0.05, 0.1) is 6.54 Å². The second-order valence-corrected chi connectivity index (χ2v) is 4.59. The third-order valence-electron chi connectivity index (χ3n) is 3.09. The van der Waals surface area contributed by atoms with Gasteiger partial charge >= 0.3 is 0 Å². The minimum Gasteiger partial charge on any atom is -0.333 e. The Hall–Kier alpha value is -1.49. The lowest BCUT2D eigenvalue weighted by atomic mass is 10.0. The molecule has 2 N–H and O–H groups in total. The van der Waals surface area contributed by atoms with Crippen LogP contribution in [-0.4, -0.2) is 29.8 Å². The molecular formula is C13H16F2N2O. The Labute approximate surface area is 105 Å². The molecule has 2 rings (SSSR count). The molecule has 3 nitrogen and oxygen atoms in total. The van der Waals surface area contributed by atoms with Crippen LogP contribution in [0.15, 0.2) is 24.3 Å². The third kappa shape index (κ3) is 2.85. The van der Waals surface area contributed by atoms with Crippen molar-refractivity contribution in [3.8, 4) is 0 Å². The zero-order chi connectivity index (χ0) is 13.2. The fraction of sp³-hybridized carbons (Fsp3) is 0.462. The normalized spacial score (nSPS) is 18.7. The van der Waals surface area contributed by atoms with E-state index in [-0.39, 0.29) is 12.3 Å². The molecular weight excluding hydrogens is 238 g/mol. The van der Waals surface area contributed by atoms with Gasteiger partial charge in [-0.15, -0.1) is 0 Å². The van der Waals surface area contributed by atoms with E-state index in [0.29, 0.717) is 25.1 Å². The maximum Gasteiger partial charge on any atom is 0.265 e. The van der Waals surface area contributed by atoms with Gasteiger partial charge in [0.15, 0.2) is 0 Å². The first-order valence-corrected chi connectivity index (χ1v) is 5.98. The van der Waals surface area contributed by atoms with E-state index in [2.05, 4.69) is 0 Å². The van der Waals surface area contributed by atoms with Crippen molar-refractivity contribution in [3.05, 3.63) is 35.4 Å². The van der Waals surface area contributed by atoms with E-state index >= 15 is 0 Å². The molecule has 5 heteroatoms. The van der Waals surface area contributed by atoms with Crippen molar-refractivity contribution in [2.75, 3.05) is 13.1 Å². The highest BCUT2D eigenvalue weighted by molar-refractivity contribution is 5.94. The van der Waals surface area contributed by atoms with Crippen molar-refractivity contribution < 1.29 is 13.6 Å². The molecule has 1 aliphatic heterocycles. The minimum absolute atomic E-state index is 0.139. The van der Waals surface area contributed by atoms with Crippen LogP contribution in [0.25, 0.3) is 0 Å². The lowest BCUT2D eigenvalue weighted by molar-refractivity contribution is -0.0560. The summed E-state index contributed by atoms with van der Waals surface area (Å²) in [6.45, 7) is 0.233. The van der Waals surface area contributed by atoms with Gasteiger partial charge in [0, 0.05) is 25.1 Å². The van der Waals surface area contributed by atoms with Gasteiger partial charge in [-0.2, -0.15) is 0 Å². The first-order chi connectivity index (χ1) is 8.52. The molecule has 1 aromatic carbocycles. The fourth-order valence-corrected chi connectivity index (χ4v) is 2.15. The molecule has 0 aromatic heterocycles. The number of nitrogens with zero attached hydrogens (tertiary/aromatic N) is 1. The Morgan fingerprint density at radius 1 is 1.44 bits per heavy atom. The van der Waals surface area contributed by atoms with Gasteiger partial charge < -0.3 is 10.6 Å². The topological polar surface area (TPSA) is 46.3 Å². The van der Waals surface area contributed by atoms with Crippen LogP contribution in [0.1, 0.15) is 28.8 Å². The summed E-state index contributed by atoms with van der Waals surface area (Å²) in [6.07, 6.45) is 0.203. The second kappa shape index (κ2) is 5.02. The molecule has 0 radical (unpaired) electrons. The van der Waals surface area contributed by atoms with Crippen LogP contribution in [0.5, 0.6) is 0 Å². The summed E-state index contributed by atoms with van der Waals surface area (Å²) >= 11 is 0. The van der Waals surface area contributed by atoms with Crippen LogP contribution in [0.2, 0.25) is 0 Å². The number of alkyl halides is 2.